The van der Waals surface area contributed by atoms with Crippen LogP contribution in [0.2, 0.25) is 5.02 Å². The van der Waals surface area contributed by atoms with E-state index in [1.807, 2.05) is 6.92 Å². The molecule has 3 N–H and O–H groups in total. The highest BCUT2D eigenvalue weighted by molar-refractivity contribution is 6.32. The molecule has 5 heteroatoms. The average molecular weight is 230 g/mol. The highest BCUT2D eigenvalue weighted by Gasteiger charge is 2.12. The largest absolute Gasteiger partial charge is 0.492 e. The summed E-state index contributed by atoms with van der Waals surface area (Å²) >= 11 is 5.84. The second-order valence-corrected chi connectivity index (χ2v) is 3.43. The second kappa shape index (κ2) is 4.89. The number of anilines is 1. The number of nitrogen functional groups attached to an aromatic ring is 1. The lowest BCUT2D eigenvalue weighted by Gasteiger charge is -2.09. The van der Waals surface area contributed by atoms with Crippen LogP contribution < -0.4 is 10.5 Å². The Labute approximate surface area is 92.6 Å². The highest BCUT2D eigenvalue weighted by Crippen LogP contribution is 2.29. The molecule has 0 fully saturated rings. The molecule has 0 atom stereocenters. The fourth-order valence-electron chi connectivity index (χ4n) is 1.08. The van der Waals surface area contributed by atoms with Crippen LogP contribution in [0.1, 0.15) is 23.7 Å². The number of hydrogen-bond donors (Lipinski definition) is 2. The maximum atomic E-state index is 10.7. The van der Waals surface area contributed by atoms with Gasteiger partial charge < -0.3 is 15.6 Å². The van der Waals surface area contributed by atoms with Gasteiger partial charge in [0.05, 0.1) is 17.2 Å². The van der Waals surface area contributed by atoms with E-state index in [9.17, 15) is 4.79 Å². The minimum absolute atomic E-state index is 0.0103. The summed E-state index contributed by atoms with van der Waals surface area (Å²) in [5.74, 6) is -0.683. The van der Waals surface area contributed by atoms with Crippen molar-refractivity contribution in [1.29, 1.82) is 0 Å². The van der Waals surface area contributed by atoms with Crippen molar-refractivity contribution in [2.45, 2.75) is 13.3 Å². The number of hydrogen-bond acceptors (Lipinski definition) is 3. The van der Waals surface area contributed by atoms with Gasteiger partial charge in [-0.1, -0.05) is 18.5 Å². The van der Waals surface area contributed by atoms with E-state index in [0.29, 0.717) is 12.4 Å². The van der Waals surface area contributed by atoms with Crippen LogP contribution in [-0.4, -0.2) is 17.7 Å². The van der Waals surface area contributed by atoms with Crippen molar-refractivity contribution >= 4 is 23.3 Å². The van der Waals surface area contributed by atoms with Crippen molar-refractivity contribution in [2.24, 2.45) is 0 Å². The zero-order valence-corrected chi connectivity index (χ0v) is 9.04. The molecular formula is C10H12ClNO3. The first-order chi connectivity index (χ1) is 7.06. The first-order valence-corrected chi connectivity index (χ1v) is 4.89. The molecule has 0 bridgehead atoms. The summed E-state index contributed by atoms with van der Waals surface area (Å²) < 4.78 is 5.30. The number of ether oxygens (including phenoxy) is 1. The Kier molecular flexibility index (Phi) is 3.80. The normalized spacial score (nSPS) is 10.0. The second-order valence-electron chi connectivity index (χ2n) is 3.02. The Morgan fingerprint density at radius 2 is 2.27 bits per heavy atom. The Hall–Kier alpha value is -1.42. The molecule has 0 spiro atoms. The van der Waals surface area contributed by atoms with E-state index in [-0.39, 0.29) is 16.3 Å². The number of carboxylic acid groups (broad SMARTS) is 1. The van der Waals surface area contributed by atoms with Gasteiger partial charge >= 0.3 is 5.97 Å². The average Bonchev–Trinajstić information content (AvgIpc) is 2.18. The quantitative estimate of drug-likeness (QED) is 0.778. The molecule has 0 heterocycles. The number of benzene rings is 1. The van der Waals surface area contributed by atoms with Gasteiger partial charge in [-0.2, -0.15) is 0 Å². The lowest BCUT2D eigenvalue weighted by atomic mass is 10.2. The lowest BCUT2D eigenvalue weighted by Crippen LogP contribution is -2.04. The van der Waals surface area contributed by atoms with E-state index in [1.54, 1.807) is 0 Å². The SMILES string of the molecule is CCCOc1cc(N)c(C(=O)O)cc1Cl. The maximum absolute atomic E-state index is 10.7. The summed E-state index contributed by atoms with van der Waals surface area (Å²) in [6, 6.07) is 2.73. The molecule has 0 aliphatic heterocycles. The van der Waals surface area contributed by atoms with Gasteiger partial charge in [0.2, 0.25) is 0 Å². The van der Waals surface area contributed by atoms with Crippen LogP contribution >= 0.6 is 11.6 Å². The Bertz CT molecular complexity index is 379. The van der Waals surface area contributed by atoms with Crippen LogP contribution in [0.25, 0.3) is 0 Å². The summed E-state index contributed by atoms with van der Waals surface area (Å²) in [6.45, 7) is 2.48. The van der Waals surface area contributed by atoms with E-state index >= 15 is 0 Å². The molecular weight excluding hydrogens is 218 g/mol. The van der Waals surface area contributed by atoms with Crippen molar-refractivity contribution in [2.75, 3.05) is 12.3 Å². The molecule has 1 aromatic rings. The summed E-state index contributed by atoms with van der Waals surface area (Å²) in [7, 11) is 0. The molecule has 0 aliphatic carbocycles. The zero-order chi connectivity index (χ0) is 11.4. The highest BCUT2D eigenvalue weighted by atomic mass is 35.5. The fourth-order valence-corrected chi connectivity index (χ4v) is 1.30. The standard InChI is InChI=1S/C10H12ClNO3/c1-2-3-15-9-5-8(12)6(10(13)14)4-7(9)11/h4-5H,2-3,12H2,1H3,(H,13,14). The molecule has 0 amide bonds. The number of carboxylic acids is 1. The molecule has 0 aliphatic rings. The van der Waals surface area contributed by atoms with Crippen molar-refractivity contribution in [3.05, 3.63) is 22.7 Å². The van der Waals surface area contributed by atoms with Gasteiger partial charge in [-0.25, -0.2) is 4.79 Å². The van der Waals surface area contributed by atoms with Crippen molar-refractivity contribution in [1.82, 2.24) is 0 Å². The van der Waals surface area contributed by atoms with Crippen LogP contribution in [0.15, 0.2) is 12.1 Å². The van der Waals surface area contributed by atoms with Gasteiger partial charge in [0, 0.05) is 11.8 Å². The summed E-state index contributed by atoms with van der Waals surface area (Å²) in [5, 5.41) is 9.04. The molecule has 0 radical (unpaired) electrons. The van der Waals surface area contributed by atoms with Gasteiger partial charge in [-0.05, 0) is 12.5 Å². The van der Waals surface area contributed by atoms with E-state index in [0.717, 1.165) is 6.42 Å². The first kappa shape index (κ1) is 11.7. The minimum Gasteiger partial charge on any atom is -0.492 e. The molecule has 0 unspecified atom stereocenters. The monoisotopic (exact) mass is 229 g/mol. The van der Waals surface area contributed by atoms with Crippen LogP contribution in [0.4, 0.5) is 5.69 Å². The Morgan fingerprint density at radius 3 is 2.80 bits per heavy atom. The van der Waals surface area contributed by atoms with E-state index in [2.05, 4.69) is 0 Å². The van der Waals surface area contributed by atoms with E-state index in [1.165, 1.54) is 12.1 Å². The number of carbonyl (C=O) groups is 1. The molecule has 0 saturated heterocycles. The Balaban J connectivity index is 3.02. The van der Waals surface area contributed by atoms with Gasteiger partial charge in [-0.15, -0.1) is 0 Å². The third kappa shape index (κ3) is 2.76. The van der Waals surface area contributed by atoms with Gasteiger partial charge in [0.1, 0.15) is 5.75 Å². The van der Waals surface area contributed by atoms with Crippen LogP contribution in [0, 0.1) is 0 Å². The van der Waals surface area contributed by atoms with Crippen LogP contribution in [0.5, 0.6) is 5.75 Å². The smallest absolute Gasteiger partial charge is 0.337 e. The third-order valence-electron chi connectivity index (χ3n) is 1.80. The zero-order valence-electron chi connectivity index (χ0n) is 8.29. The van der Waals surface area contributed by atoms with Gasteiger partial charge in [-0.3, -0.25) is 0 Å². The number of aromatic carboxylic acids is 1. The predicted molar refractivity (Wildman–Crippen MR) is 58.6 cm³/mol. The lowest BCUT2D eigenvalue weighted by molar-refractivity contribution is 0.0698. The Morgan fingerprint density at radius 1 is 1.60 bits per heavy atom. The van der Waals surface area contributed by atoms with Gasteiger partial charge in [0.25, 0.3) is 0 Å². The van der Waals surface area contributed by atoms with Crippen molar-refractivity contribution in [3.63, 3.8) is 0 Å². The molecule has 0 aromatic heterocycles. The number of nitrogens with two attached hydrogens (primary N) is 1. The predicted octanol–water partition coefficient (Wildman–Crippen LogP) is 2.41. The molecule has 1 aromatic carbocycles. The molecule has 0 saturated carbocycles. The van der Waals surface area contributed by atoms with Gasteiger partial charge in [0.15, 0.2) is 0 Å². The van der Waals surface area contributed by atoms with Crippen LogP contribution in [0.3, 0.4) is 0 Å². The third-order valence-corrected chi connectivity index (χ3v) is 2.09. The number of rotatable bonds is 4. The molecule has 82 valence electrons. The van der Waals surface area contributed by atoms with E-state index in [4.69, 9.17) is 27.2 Å². The fraction of sp³-hybridized carbons (Fsp3) is 0.300. The summed E-state index contributed by atoms with van der Waals surface area (Å²) in [6.07, 6.45) is 0.844. The van der Waals surface area contributed by atoms with Crippen molar-refractivity contribution < 1.29 is 14.6 Å². The van der Waals surface area contributed by atoms with E-state index < -0.39 is 5.97 Å². The maximum Gasteiger partial charge on any atom is 0.337 e. The first-order valence-electron chi connectivity index (χ1n) is 4.51. The summed E-state index contributed by atoms with van der Waals surface area (Å²) in [4.78, 5) is 10.7. The summed E-state index contributed by atoms with van der Waals surface area (Å²) in [5.41, 5.74) is 5.68. The molecule has 4 nitrogen and oxygen atoms in total. The minimum atomic E-state index is -1.10. The molecule has 1 rings (SSSR count). The number of halogens is 1. The van der Waals surface area contributed by atoms with Crippen LogP contribution in [-0.2, 0) is 0 Å². The molecule has 15 heavy (non-hydrogen) atoms. The topological polar surface area (TPSA) is 72.5 Å². The van der Waals surface area contributed by atoms with Crippen molar-refractivity contribution in [3.8, 4) is 5.75 Å².